The Morgan fingerprint density at radius 2 is 2.05 bits per heavy atom. The highest BCUT2D eigenvalue weighted by Gasteiger charge is 2.28. The average molecular weight is 306 g/mol. The first-order valence-electron chi connectivity index (χ1n) is 6.95. The minimum absolute atomic E-state index is 0.0242. The number of nitrogens with one attached hydrogen (secondary N) is 1. The molecule has 118 valence electrons. The molecule has 1 atom stereocenters. The molecule has 1 aromatic carbocycles. The number of anilines is 1. The number of rotatable bonds is 5. The smallest absolute Gasteiger partial charge is 0.341 e. The van der Waals surface area contributed by atoms with Gasteiger partial charge in [-0.05, 0) is 30.7 Å². The Balaban J connectivity index is 1.89. The van der Waals surface area contributed by atoms with E-state index in [2.05, 4.69) is 5.32 Å². The lowest BCUT2D eigenvalue weighted by Gasteiger charge is -2.27. The quantitative estimate of drug-likeness (QED) is 0.844. The van der Waals surface area contributed by atoms with Crippen LogP contribution in [0.1, 0.15) is 12.8 Å². The molecule has 7 nitrogen and oxygen atoms in total. The van der Waals surface area contributed by atoms with E-state index in [0.717, 1.165) is 0 Å². The van der Waals surface area contributed by atoms with Gasteiger partial charge in [0.2, 0.25) is 11.8 Å². The van der Waals surface area contributed by atoms with Crippen molar-refractivity contribution in [3.8, 4) is 5.75 Å². The zero-order valence-corrected chi connectivity index (χ0v) is 12.2. The van der Waals surface area contributed by atoms with Crippen LogP contribution in [0.5, 0.6) is 5.75 Å². The Labute approximate surface area is 127 Å². The van der Waals surface area contributed by atoms with E-state index >= 15 is 0 Å². The molecule has 7 heteroatoms. The summed E-state index contributed by atoms with van der Waals surface area (Å²) in [6.07, 6.45) is 0.871. The number of ether oxygens (including phenoxy) is 1. The first kappa shape index (κ1) is 15.8. The Bertz CT molecular complexity index is 570. The van der Waals surface area contributed by atoms with Gasteiger partial charge in [-0.3, -0.25) is 9.59 Å². The third-order valence-corrected chi connectivity index (χ3v) is 3.51. The summed E-state index contributed by atoms with van der Waals surface area (Å²) in [5.41, 5.74) is 0.582. The molecule has 1 unspecified atom stereocenters. The maximum absolute atomic E-state index is 12.1. The second-order valence-corrected chi connectivity index (χ2v) is 5.20. The number of piperidine rings is 1. The van der Waals surface area contributed by atoms with Crippen molar-refractivity contribution >= 4 is 23.5 Å². The van der Waals surface area contributed by atoms with E-state index in [4.69, 9.17) is 9.84 Å². The monoisotopic (exact) mass is 306 g/mol. The van der Waals surface area contributed by atoms with Crippen LogP contribution < -0.4 is 10.1 Å². The van der Waals surface area contributed by atoms with Crippen molar-refractivity contribution in [2.75, 3.05) is 25.5 Å². The summed E-state index contributed by atoms with van der Waals surface area (Å²) in [6.45, 7) is 0.169. The standard InChI is InChI=1S/C15H18N2O5/c1-17-7-6-10(8-13(17)18)15(21)16-11-2-4-12(5-3-11)22-9-14(19)20/h2-5,10H,6-9H2,1H3,(H,16,21)(H,19,20). The van der Waals surface area contributed by atoms with Gasteiger partial charge in [-0.15, -0.1) is 0 Å². The minimum atomic E-state index is -1.05. The molecular formula is C15H18N2O5. The van der Waals surface area contributed by atoms with Crippen molar-refractivity contribution in [3.05, 3.63) is 24.3 Å². The van der Waals surface area contributed by atoms with Crippen LogP contribution in [0, 0.1) is 5.92 Å². The van der Waals surface area contributed by atoms with Gasteiger partial charge >= 0.3 is 5.97 Å². The van der Waals surface area contributed by atoms with E-state index in [0.29, 0.717) is 24.4 Å². The molecule has 0 aliphatic carbocycles. The Morgan fingerprint density at radius 1 is 1.36 bits per heavy atom. The molecule has 22 heavy (non-hydrogen) atoms. The molecule has 1 saturated heterocycles. The second kappa shape index (κ2) is 6.93. The largest absolute Gasteiger partial charge is 0.482 e. The Morgan fingerprint density at radius 3 is 2.64 bits per heavy atom. The maximum Gasteiger partial charge on any atom is 0.341 e. The van der Waals surface area contributed by atoms with E-state index in [-0.39, 0.29) is 24.2 Å². The van der Waals surface area contributed by atoms with Crippen LogP contribution in [0.3, 0.4) is 0 Å². The van der Waals surface area contributed by atoms with Crippen LogP contribution in [-0.2, 0) is 14.4 Å². The SMILES string of the molecule is CN1CCC(C(=O)Nc2ccc(OCC(=O)O)cc2)CC1=O. The highest BCUT2D eigenvalue weighted by Crippen LogP contribution is 2.21. The van der Waals surface area contributed by atoms with Crippen molar-refractivity contribution in [1.82, 2.24) is 4.90 Å². The van der Waals surface area contributed by atoms with Crippen LogP contribution in [0.15, 0.2) is 24.3 Å². The summed E-state index contributed by atoms with van der Waals surface area (Å²) < 4.78 is 5.01. The molecule has 1 aromatic rings. The minimum Gasteiger partial charge on any atom is -0.482 e. The molecule has 0 spiro atoms. The number of amides is 2. The molecule has 2 amide bonds. The van der Waals surface area contributed by atoms with Gasteiger partial charge in [0.25, 0.3) is 0 Å². The van der Waals surface area contributed by atoms with Crippen molar-refractivity contribution in [2.24, 2.45) is 5.92 Å². The van der Waals surface area contributed by atoms with Gasteiger partial charge in [0, 0.05) is 31.6 Å². The lowest BCUT2D eigenvalue weighted by atomic mass is 9.95. The average Bonchev–Trinajstić information content (AvgIpc) is 2.49. The molecule has 0 aromatic heterocycles. The lowest BCUT2D eigenvalue weighted by Crippen LogP contribution is -2.39. The van der Waals surface area contributed by atoms with Gasteiger partial charge in [-0.1, -0.05) is 0 Å². The van der Waals surface area contributed by atoms with Crippen molar-refractivity contribution < 1.29 is 24.2 Å². The number of carboxylic acid groups (broad SMARTS) is 1. The molecule has 0 bridgehead atoms. The predicted octanol–water partition coefficient (Wildman–Crippen LogP) is 0.957. The Kier molecular flexibility index (Phi) is 4.98. The molecule has 2 rings (SSSR count). The number of benzene rings is 1. The summed E-state index contributed by atoms with van der Waals surface area (Å²) in [7, 11) is 1.73. The maximum atomic E-state index is 12.1. The van der Waals surface area contributed by atoms with Crippen LogP contribution in [0.4, 0.5) is 5.69 Å². The number of likely N-dealkylation sites (tertiary alicyclic amines) is 1. The zero-order chi connectivity index (χ0) is 16.1. The topological polar surface area (TPSA) is 95.9 Å². The normalized spacial score (nSPS) is 18.0. The fourth-order valence-corrected chi connectivity index (χ4v) is 2.19. The fraction of sp³-hybridized carbons (Fsp3) is 0.400. The molecule has 0 saturated carbocycles. The number of aliphatic carboxylic acids is 1. The summed E-state index contributed by atoms with van der Waals surface area (Å²) in [4.78, 5) is 35.8. The highest BCUT2D eigenvalue weighted by molar-refractivity contribution is 5.95. The van der Waals surface area contributed by atoms with E-state index in [1.54, 1.807) is 36.2 Å². The van der Waals surface area contributed by atoms with Gasteiger partial charge in [0.1, 0.15) is 5.75 Å². The summed E-state index contributed by atoms with van der Waals surface area (Å²) in [6, 6.07) is 6.43. The van der Waals surface area contributed by atoms with Gasteiger partial charge < -0.3 is 20.1 Å². The highest BCUT2D eigenvalue weighted by atomic mass is 16.5. The fourth-order valence-electron chi connectivity index (χ4n) is 2.19. The molecule has 1 heterocycles. The summed E-state index contributed by atoms with van der Waals surface area (Å²) in [5, 5.41) is 11.3. The van der Waals surface area contributed by atoms with Crippen molar-refractivity contribution in [2.45, 2.75) is 12.8 Å². The molecule has 0 radical (unpaired) electrons. The third kappa shape index (κ3) is 4.21. The molecule has 1 fully saturated rings. The van der Waals surface area contributed by atoms with Crippen molar-refractivity contribution in [3.63, 3.8) is 0 Å². The number of carboxylic acids is 1. The van der Waals surface area contributed by atoms with Crippen LogP contribution in [-0.4, -0.2) is 48.0 Å². The number of hydrogen-bond donors (Lipinski definition) is 2. The van der Waals surface area contributed by atoms with Crippen LogP contribution >= 0.6 is 0 Å². The number of carbonyl (C=O) groups excluding carboxylic acids is 2. The van der Waals surface area contributed by atoms with Gasteiger partial charge in [-0.2, -0.15) is 0 Å². The number of hydrogen-bond acceptors (Lipinski definition) is 4. The van der Waals surface area contributed by atoms with Crippen LogP contribution in [0.25, 0.3) is 0 Å². The van der Waals surface area contributed by atoms with E-state index in [1.165, 1.54) is 0 Å². The molecule has 2 N–H and O–H groups in total. The van der Waals surface area contributed by atoms with Gasteiger partial charge in [0.15, 0.2) is 6.61 Å². The van der Waals surface area contributed by atoms with E-state index in [9.17, 15) is 14.4 Å². The Hall–Kier alpha value is -2.57. The second-order valence-electron chi connectivity index (χ2n) is 5.20. The summed E-state index contributed by atoms with van der Waals surface area (Å²) in [5.74, 6) is -1.16. The summed E-state index contributed by atoms with van der Waals surface area (Å²) >= 11 is 0. The zero-order valence-electron chi connectivity index (χ0n) is 12.2. The number of carbonyl (C=O) groups is 3. The van der Waals surface area contributed by atoms with Gasteiger partial charge in [-0.25, -0.2) is 4.79 Å². The number of nitrogens with zero attached hydrogens (tertiary/aromatic N) is 1. The molecule has 1 aliphatic rings. The first-order chi connectivity index (χ1) is 10.5. The first-order valence-corrected chi connectivity index (χ1v) is 6.95. The van der Waals surface area contributed by atoms with Crippen LogP contribution in [0.2, 0.25) is 0 Å². The van der Waals surface area contributed by atoms with E-state index < -0.39 is 12.6 Å². The molecule has 1 aliphatic heterocycles. The molecular weight excluding hydrogens is 288 g/mol. The van der Waals surface area contributed by atoms with Crippen molar-refractivity contribution in [1.29, 1.82) is 0 Å². The predicted molar refractivity (Wildman–Crippen MR) is 78.6 cm³/mol. The van der Waals surface area contributed by atoms with Gasteiger partial charge in [0.05, 0.1) is 0 Å². The van der Waals surface area contributed by atoms with E-state index in [1.807, 2.05) is 0 Å². The lowest BCUT2D eigenvalue weighted by molar-refractivity contribution is -0.139. The third-order valence-electron chi connectivity index (χ3n) is 3.51.